The fraction of sp³-hybridized carbons (Fsp3) is 0.500. The van der Waals surface area contributed by atoms with Gasteiger partial charge < -0.3 is 9.31 Å². The van der Waals surface area contributed by atoms with Crippen LogP contribution in [0.4, 0.5) is 13.2 Å². The van der Waals surface area contributed by atoms with Crippen molar-refractivity contribution in [2.24, 2.45) is 0 Å². The Labute approximate surface area is 129 Å². The summed E-state index contributed by atoms with van der Waals surface area (Å²) in [5.74, 6) is 0. The topological polar surface area (TPSA) is 18.5 Å². The van der Waals surface area contributed by atoms with Gasteiger partial charge in [-0.15, -0.1) is 0 Å². The molecule has 2 rings (SSSR count). The minimum Gasteiger partial charge on any atom is -0.400 e. The van der Waals surface area contributed by atoms with Crippen molar-refractivity contribution in [2.75, 3.05) is 0 Å². The van der Waals surface area contributed by atoms with Crippen LogP contribution in [-0.4, -0.2) is 18.3 Å². The number of hydrogen-bond donors (Lipinski definition) is 0. The standard InChI is InChI=1S/C16H20BF3O2/c1-11(17-21-14(2,3)15(4,5)22-17)10-12-6-8-13(9-7-12)16(18,19)20/h6-10H,1-5H3/b11-10+. The molecular formula is C16H20BF3O2. The Balaban J connectivity index is 2.17. The molecule has 1 saturated heterocycles. The van der Waals surface area contributed by atoms with E-state index in [1.54, 1.807) is 6.08 Å². The van der Waals surface area contributed by atoms with E-state index in [0.29, 0.717) is 5.56 Å². The SMILES string of the molecule is C/C(=C\c1ccc(C(F)(F)F)cc1)B1OC(C)(C)C(C)(C)O1. The third-order valence-electron chi connectivity index (χ3n) is 4.26. The Bertz CT molecular complexity index is 558. The molecule has 2 nitrogen and oxygen atoms in total. The molecule has 0 spiro atoms. The molecule has 1 aromatic carbocycles. The van der Waals surface area contributed by atoms with Gasteiger partial charge in [0.05, 0.1) is 16.8 Å². The normalized spacial score (nSPS) is 21.3. The average Bonchev–Trinajstić information content (AvgIpc) is 2.58. The maximum Gasteiger partial charge on any atom is 0.490 e. The largest absolute Gasteiger partial charge is 0.490 e. The molecule has 0 N–H and O–H groups in total. The lowest BCUT2D eigenvalue weighted by Crippen LogP contribution is -2.41. The van der Waals surface area contributed by atoms with E-state index < -0.39 is 30.1 Å². The van der Waals surface area contributed by atoms with Crippen LogP contribution in [0.25, 0.3) is 6.08 Å². The summed E-state index contributed by atoms with van der Waals surface area (Å²) in [5, 5.41) is 0. The summed E-state index contributed by atoms with van der Waals surface area (Å²) in [6.45, 7) is 9.67. The fourth-order valence-corrected chi connectivity index (χ4v) is 2.13. The first-order valence-corrected chi connectivity index (χ1v) is 7.13. The summed E-state index contributed by atoms with van der Waals surface area (Å²) in [4.78, 5) is 0. The third-order valence-corrected chi connectivity index (χ3v) is 4.26. The van der Waals surface area contributed by atoms with Crippen LogP contribution in [0.15, 0.2) is 29.7 Å². The fourth-order valence-electron chi connectivity index (χ4n) is 2.13. The predicted octanol–water partition coefficient (Wildman–Crippen LogP) is 4.74. The van der Waals surface area contributed by atoms with Crippen molar-refractivity contribution < 1.29 is 22.5 Å². The minimum atomic E-state index is -4.32. The molecule has 1 fully saturated rings. The van der Waals surface area contributed by atoms with E-state index in [-0.39, 0.29) is 0 Å². The summed E-state index contributed by atoms with van der Waals surface area (Å²) in [6, 6.07) is 5.03. The molecule has 0 atom stereocenters. The van der Waals surface area contributed by atoms with Gasteiger partial charge in [-0.05, 0) is 57.8 Å². The maximum atomic E-state index is 12.5. The minimum absolute atomic E-state index is 0.438. The Hall–Kier alpha value is -1.27. The molecular weight excluding hydrogens is 292 g/mol. The zero-order valence-electron chi connectivity index (χ0n) is 13.4. The number of allylic oxidation sites excluding steroid dienone is 1. The van der Waals surface area contributed by atoms with Crippen LogP contribution in [0.3, 0.4) is 0 Å². The first-order valence-electron chi connectivity index (χ1n) is 7.13. The average molecular weight is 312 g/mol. The second kappa shape index (κ2) is 5.42. The van der Waals surface area contributed by atoms with Crippen molar-refractivity contribution in [3.8, 4) is 0 Å². The number of halogens is 3. The molecule has 0 amide bonds. The van der Waals surface area contributed by atoms with Crippen LogP contribution in [0.5, 0.6) is 0 Å². The molecule has 0 saturated carbocycles. The van der Waals surface area contributed by atoms with E-state index in [1.165, 1.54) is 12.1 Å². The lowest BCUT2D eigenvalue weighted by atomic mass is 9.78. The van der Waals surface area contributed by atoms with E-state index in [0.717, 1.165) is 17.6 Å². The molecule has 0 aliphatic carbocycles. The molecule has 6 heteroatoms. The monoisotopic (exact) mass is 312 g/mol. The predicted molar refractivity (Wildman–Crippen MR) is 81.2 cm³/mol. The van der Waals surface area contributed by atoms with Crippen molar-refractivity contribution in [2.45, 2.75) is 52.0 Å². The number of benzene rings is 1. The molecule has 1 aliphatic heterocycles. The van der Waals surface area contributed by atoms with Gasteiger partial charge in [0.15, 0.2) is 0 Å². The van der Waals surface area contributed by atoms with Gasteiger partial charge in [-0.2, -0.15) is 13.2 Å². The highest BCUT2D eigenvalue weighted by molar-refractivity contribution is 6.55. The van der Waals surface area contributed by atoms with Crippen LogP contribution in [0.1, 0.15) is 45.7 Å². The van der Waals surface area contributed by atoms with Gasteiger partial charge in [-0.1, -0.05) is 18.2 Å². The highest BCUT2D eigenvalue weighted by Crippen LogP contribution is 2.38. The van der Waals surface area contributed by atoms with Gasteiger partial charge in [0.2, 0.25) is 0 Å². The van der Waals surface area contributed by atoms with E-state index in [2.05, 4.69) is 0 Å². The first-order chi connectivity index (χ1) is 9.92. The molecule has 120 valence electrons. The first kappa shape index (κ1) is 17.1. The Morgan fingerprint density at radius 2 is 1.45 bits per heavy atom. The van der Waals surface area contributed by atoms with Crippen LogP contribution in [-0.2, 0) is 15.5 Å². The van der Waals surface area contributed by atoms with Gasteiger partial charge >= 0.3 is 13.3 Å². The van der Waals surface area contributed by atoms with Crippen LogP contribution in [0.2, 0.25) is 0 Å². The van der Waals surface area contributed by atoms with Crippen LogP contribution in [0, 0.1) is 0 Å². The lowest BCUT2D eigenvalue weighted by Gasteiger charge is -2.32. The quantitative estimate of drug-likeness (QED) is 0.734. The van der Waals surface area contributed by atoms with Crippen LogP contribution < -0.4 is 0 Å². The summed E-state index contributed by atoms with van der Waals surface area (Å²) in [5.41, 5.74) is -0.0311. The highest BCUT2D eigenvalue weighted by atomic mass is 19.4. The highest BCUT2D eigenvalue weighted by Gasteiger charge is 2.51. The zero-order chi connectivity index (χ0) is 16.8. The van der Waals surface area contributed by atoms with E-state index in [1.807, 2.05) is 34.6 Å². The summed E-state index contributed by atoms with van der Waals surface area (Å²) < 4.78 is 49.4. The van der Waals surface area contributed by atoms with Gasteiger partial charge in [0.1, 0.15) is 0 Å². The van der Waals surface area contributed by atoms with Crippen molar-refractivity contribution in [3.05, 3.63) is 40.9 Å². The van der Waals surface area contributed by atoms with Crippen molar-refractivity contribution in [3.63, 3.8) is 0 Å². The zero-order valence-corrected chi connectivity index (χ0v) is 13.4. The maximum absolute atomic E-state index is 12.5. The van der Waals surface area contributed by atoms with E-state index >= 15 is 0 Å². The van der Waals surface area contributed by atoms with E-state index in [9.17, 15) is 13.2 Å². The second-order valence-electron chi connectivity index (χ2n) is 6.60. The number of rotatable bonds is 2. The molecule has 1 heterocycles. The van der Waals surface area contributed by atoms with Crippen LogP contribution >= 0.6 is 0 Å². The third kappa shape index (κ3) is 3.38. The number of hydrogen-bond acceptors (Lipinski definition) is 2. The summed E-state index contributed by atoms with van der Waals surface area (Å²) >= 11 is 0. The molecule has 0 radical (unpaired) electrons. The van der Waals surface area contributed by atoms with Crippen molar-refractivity contribution in [1.82, 2.24) is 0 Å². The van der Waals surface area contributed by atoms with E-state index in [4.69, 9.17) is 9.31 Å². The smallest absolute Gasteiger partial charge is 0.400 e. The number of alkyl halides is 3. The molecule has 1 aromatic rings. The summed E-state index contributed by atoms with van der Waals surface area (Å²) in [7, 11) is -0.493. The van der Waals surface area contributed by atoms with Crippen molar-refractivity contribution in [1.29, 1.82) is 0 Å². The molecule has 22 heavy (non-hydrogen) atoms. The Kier molecular flexibility index (Phi) is 4.21. The lowest BCUT2D eigenvalue weighted by molar-refractivity contribution is -0.137. The van der Waals surface area contributed by atoms with Gasteiger partial charge in [0.25, 0.3) is 0 Å². The van der Waals surface area contributed by atoms with Crippen molar-refractivity contribution >= 4 is 13.2 Å². The molecule has 0 aromatic heterocycles. The Morgan fingerprint density at radius 1 is 1.00 bits per heavy atom. The Morgan fingerprint density at radius 3 is 1.86 bits per heavy atom. The second-order valence-corrected chi connectivity index (χ2v) is 6.60. The van der Waals surface area contributed by atoms with Gasteiger partial charge in [-0.3, -0.25) is 0 Å². The molecule has 0 bridgehead atoms. The van der Waals surface area contributed by atoms with Gasteiger partial charge in [-0.25, -0.2) is 0 Å². The molecule has 0 unspecified atom stereocenters. The molecule has 1 aliphatic rings. The van der Waals surface area contributed by atoms with Gasteiger partial charge in [0, 0.05) is 0 Å². The summed E-state index contributed by atoms with van der Waals surface area (Å²) in [6.07, 6.45) is -2.54.